The second-order valence-corrected chi connectivity index (χ2v) is 5.08. The van der Waals surface area contributed by atoms with Gasteiger partial charge in [-0.1, -0.05) is 30.3 Å². The van der Waals surface area contributed by atoms with E-state index >= 15 is 0 Å². The lowest BCUT2D eigenvalue weighted by Crippen LogP contribution is -2.13. The maximum absolute atomic E-state index is 4.42. The Kier molecular flexibility index (Phi) is 5.35. The molecule has 0 spiro atoms. The SMILES string of the molecule is CC(C)Nc1ccnc(NCCCc2ccccc2)n1. The van der Waals surface area contributed by atoms with Crippen molar-refractivity contribution in [3.8, 4) is 0 Å². The highest BCUT2D eigenvalue weighted by Crippen LogP contribution is 2.07. The maximum Gasteiger partial charge on any atom is 0.224 e. The first-order valence-corrected chi connectivity index (χ1v) is 7.11. The number of nitrogens with zero attached hydrogens (tertiary/aromatic N) is 2. The lowest BCUT2D eigenvalue weighted by molar-refractivity contribution is 0.849. The van der Waals surface area contributed by atoms with Crippen LogP contribution < -0.4 is 10.6 Å². The van der Waals surface area contributed by atoms with Gasteiger partial charge in [0.1, 0.15) is 5.82 Å². The minimum atomic E-state index is 0.371. The Morgan fingerprint density at radius 2 is 1.90 bits per heavy atom. The number of aromatic nitrogens is 2. The van der Waals surface area contributed by atoms with Crippen molar-refractivity contribution >= 4 is 11.8 Å². The van der Waals surface area contributed by atoms with Gasteiger partial charge in [-0.2, -0.15) is 4.98 Å². The van der Waals surface area contributed by atoms with E-state index in [-0.39, 0.29) is 0 Å². The van der Waals surface area contributed by atoms with Crippen molar-refractivity contribution in [3.63, 3.8) is 0 Å². The molecule has 0 unspecified atom stereocenters. The van der Waals surface area contributed by atoms with Gasteiger partial charge in [0.25, 0.3) is 0 Å². The van der Waals surface area contributed by atoms with E-state index < -0.39 is 0 Å². The zero-order valence-electron chi connectivity index (χ0n) is 12.1. The van der Waals surface area contributed by atoms with Gasteiger partial charge in [-0.05, 0) is 38.3 Å². The summed E-state index contributed by atoms with van der Waals surface area (Å²) >= 11 is 0. The highest BCUT2D eigenvalue weighted by Gasteiger charge is 2.00. The molecule has 0 saturated carbocycles. The smallest absolute Gasteiger partial charge is 0.224 e. The topological polar surface area (TPSA) is 49.8 Å². The average Bonchev–Trinajstić information content (AvgIpc) is 2.44. The summed E-state index contributed by atoms with van der Waals surface area (Å²) in [6.07, 6.45) is 3.91. The van der Waals surface area contributed by atoms with Crippen LogP contribution in [-0.4, -0.2) is 22.6 Å². The van der Waals surface area contributed by atoms with Crippen molar-refractivity contribution in [2.24, 2.45) is 0 Å². The predicted octanol–water partition coefficient (Wildman–Crippen LogP) is 3.34. The molecule has 2 aromatic rings. The predicted molar refractivity (Wildman–Crippen MR) is 84.0 cm³/mol. The fourth-order valence-electron chi connectivity index (χ4n) is 1.96. The van der Waals surface area contributed by atoms with Gasteiger partial charge in [0.05, 0.1) is 0 Å². The third-order valence-corrected chi connectivity index (χ3v) is 2.86. The van der Waals surface area contributed by atoms with Crippen molar-refractivity contribution in [2.45, 2.75) is 32.7 Å². The molecule has 106 valence electrons. The summed E-state index contributed by atoms with van der Waals surface area (Å²) in [5.74, 6) is 1.55. The molecule has 1 heterocycles. The molecule has 0 atom stereocenters. The molecule has 4 nitrogen and oxygen atoms in total. The molecule has 2 rings (SSSR count). The summed E-state index contributed by atoms with van der Waals surface area (Å²) in [6.45, 7) is 5.06. The summed E-state index contributed by atoms with van der Waals surface area (Å²) in [5.41, 5.74) is 1.37. The van der Waals surface area contributed by atoms with Crippen LogP contribution >= 0.6 is 0 Å². The number of hydrogen-bond donors (Lipinski definition) is 2. The van der Waals surface area contributed by atoms with Crippen molar-refractivity contribution in [2.75, 3.05) is 17.2 Å². The first-order valence-electron chi connectivity index (χ1n) is 7.11. The van der Waals surface area contributed by atoms with Crippen LogP contribution in [0.1, 0.15) is 25.8 Å². The molecule has 0 saturated heterocycles. The Bertz CT molecular complexity index is 511. The summed E-state index contributed by atoms with van der Waals surface area (Å²) in [6, 6.07) is 12.8. The van der Waals surface area contributed by atoms with Crippen LogP contribution in [0.2, 0.25) is 0 Å². The Labute approximate surface area is 120 Å². The highest BCUT2D eigenvalue weighted by molar-refractivity contribution is 5.39. The largest absolute Gasteiger partial charge is 0.368 e. The summed E-state index contributed by atoms with van der Waals surface area (Å²) in [4.78, 5) is 8.65. The zero-order chi connectivity index (χ0) is 14.2. The van der Waals surface area contributed by atoms with E-state index in [9.17, 15) is 0 Å². The Hall–Kier alpha value is -2.10. The fourth-order valence-corrected chi connectivity index (χ4v) is 1.96. The van der Waals surface area contributed by atoms with Crippen molar-refractivity contribution in [3.05, 3.63) is 48.2 Å². The Morgan fingerprint density at radius 3 is 2.65 bits per heavy atom. The highest BCUT2D eigenvalue weighted by atomic mass is 15.1. The van der Waals surface area contributed by atoms with Gasteiger partial charge in [0.15, 0.2) is 0 Å². The van der Waals surface area contributed by atoms with Gasteiger partial charge in [-0.3, -0.25) is 0 Å². The molecule has 0 bridgehead atoms. The van der Waals surface area contributed by atoms with Crippen LogP contribution in [-0.2, 0) is 6.42 Å². The fraction of sp³-hybridized carbons (Fsp3) is 0.375. The third-order valence-electron chi connectivity index (χ3n) is 2.86. The number of aryl methyl sites for hydroxylation is 1. The number of benzene rings is 1. The molecule has 1 aromatic heterocycles. The lowest BCUT2D eigenvalue weighted by Gasteiger charge is -2.10. The minimum absolute atomic E-state index is 0.371. The second-order valence-electron chi connectivity index (χ2n) is 5.08. The standard InChI is InChI=1S/C16H22N4/c1-13(2)19-15-10-12-18-16(20-15)17-11-6-9-14-7-4-3-5-8-14/h3-5,7-8,10,12-13H,6,9,11H2,1-2H3,(H2,17,18,19,20). The van der Waals surface area contributed by atoms with Gasteiger partial charge in [-0.15, -0.1) is 0 Å². The summed E-state index contributed by atoms with van der Waals surface area (Å²) < 4.78 is 0. The van der Waals surface area contributed by atoms with E-state index in [0.29, 0.717) is 12.0 Å². The van der Waals surface area contributed by atoms with Gasteiger partial charge >= 0.3 is 0 Å². The van der Waals surface area contributed by atoms with Crippen LogP contribution in [0.25, 0.3) is 0 Å². The quantitative estimate of drug-likeness (QED) is 0.758. The van der Waals surface area contributed by atoms with E-state index in [1.165, 1.54) is 5.56 Å². The average molecular weight is 270 g/mol. The molecule has 0 aliphatic heterocycles. The number of nitrogens with one attached hydrogen (secondary N) is 2. The van der Waals surface area contributed by atoms with Crippen LogP contribution in [0.3, 0.4) is 0 Å². The molecule has 2 N–H and O–H groups in total. The van der Waals surface area contributed by atoms with Crippen molar-refractivity contribution < 1.29 is 0 Å². The Morgan fingerprint density at radius 1 is 1.10 bits per heavy atom. The third kappa shape index (κ3) is 4.88. The van der Waals surface area contributed by atoms with Gasteiger partial charge in [0.2, 0.25) is 5.95 Å². The van der Waals surface area contributed by atoms with E-state index in [1.54, 1.807) is 6.20 Å². The van der Waals surface area contributed by atoms with Gasteiger partial charge < -0.3 is 10.6 Å². The van der Waals surface area contributed by atoms with Crippen molar-refractivity contribution in [1.29, 1.82) is 0 Å². The van der Waals surface area contributed by atoms with E-state index in [2.05, 4.69) is 58.7 Å². The Balaban J connectivity index is 1.76. The second kappa shape index (κ2) is 7.48. The molecule has 0 fully saturated rings. The number of hydrogen-bond acceptors (Lipinski definition) is 4. The van der Waals surface area contributed by atoms with Crippen molar-refractivity contribution in [1.82, 2.24) is 9.97 Å². The lowest BCUT2D eigenvalue weighted by atomic mass is 10.1. The molecule has 0 radical (unpaired) electrons. The summed E-state index contributed by atoms with van der Waals surface area (Å²) in [5, 5.41) is 6.54. The molecule has 0 aliphatic rings. The van der Waals surface area contributed by atoms with Crippen LogP contribution in [0.4, 0.5) is 11.8 Å². The van der Waals surface area contributed by atoms with E-state index in [1.807, 2.05) is 12.1 Å². The number of anilines is 2. The summed E-state index contributed by atoms with van der Waals surface area (Å²) in [7, 11) is 0. The molecule has 0 aliphatic carbocycles. The van der Waals surface area contributed by atoms with Crippen LogP contribution in [0, 0.1) is 0 Å². The van der Waals surface area contributed by atoms with E-state index in [0.717, 1.165) is 25.2 Å². The van der Waals surface area contributed by atoms with Crippen LogP contribution in [0.5, 0.6) is 0 Å². The first kappa shape index (κ1) is 14.3. The normalized spacial score (nSPS) is 10.6. The van der Waals surface area contributed by atoms with Gasteiger partial charge in [-0.25, -0.2) is 4.98 Å². The molecule has 20 heavy (non-hydrogen) atoms. The zero-order valence-corrected chi connectivity index (χ0v) is 12.1. The molecule has 1 aromatic carbocycles. The van der Waals surface area contributed by atoms with Crippen LogP contribution in [0.15, 0.2) is 42.6 Å². The van der Waals surface area contributed by atoms with Gasteiger partial charge in [0, 0.05) is 18.8 Å². The molecule has 0 amide bonds. The number of rotatable bonds is 7. The molecular weight excluding hydrogens is 248 g/mol. The molecule has 4 heteroatoms. The maximum atomic E-state index is 4.42. The molecular formula is C16H22N4. The monoisotopic (exact) mass is 270 g/mol. The first-order chi connectivity index (χ1) is 9.74. The van der Waals surface area contributed by atoms with E-state index in [4.69, 9.17) is 0 Å². The minimum Gasteiger partial charge on any atom is -0.368 e.